The zero-order valence-electron chi connectivity index (χ0n) is 10.4. The van der Waals surface area contributed by atoms with Crippen molar-refractivity contribution in [2.75, 3.05) is 59.0 Å². The number of hydrogen-bond donors (Lipinski definition) is 4. The van der Waals surface area contributed by atoms with Gasteiger partial charge in [-0.1, -0.05) is 6.92 Å². The van der Waals surface area contributed by atoms with Gasteiger partial charge in [-0.15, -0.1) is 0 Å². The Morgan fingerprint density at radius 3 is 2.06 bits per heavy atom. The fourth-order valence-corrected chi connectivity index (χ4v) is 1.54. The van der Waals surface area contributed by atoms with Crippen LogP contribution >= 0.6 is 0 Å². The molecule has 0 aliphatic carbocycles. The van der Waals surface area contributed by atoms with Crippen LogP contribution in [0.15, 0.2) is 0 Å². The van der Waals surface area contributed by atoms with Crippen molar-refractivity contribution in [3.63, 3.8) is 0 Å². The van der Waals surface area contributed by atoms with Gasteiger partial charge in [0.25, 0.3) is 0 Å². The van der Waals surface area contributed by atoms with Crippen LogP contribution in [0.3, 0.4) is 0 Å². The van der Waals surface area contributed by atoms with Gasteiger partial charge in [0.15, 0.2) is 0 Å². The molecule has 0 atom stereocenters. The Balaban J connectivity index is 3.25. The molecule has 0 rings (SSSR count). The SMILES string of the molecule is CCCN(CCO)CCNCCNCCO. The maximum absolute atomic E-state index is 8.87. The third-order valence-corrected chi connectivity index (χ3v) is 2.33. The van der Waals surface area contributed by atoms with Gasteiger partial charge in [-0.2, -0.15) is 0 Å². The molecule has 0 fully saturated rings. The van der Waals surface area contributed by atoms with Crippen molar-refractivity contribution < 1.29 is 10.2 Å². The van der Waals surface area contributed by atoms with Crippen molar-refractivity contribution >= 4 is 0 Å². The van der Waals surface area contributed by atoms with Crippen LogP contribution < -0.4 is 10.6 Å². The van der Waals surface area contributed by atoms with E-state index in [2.05, 4.69) is 22.5 Å². The molecule has 98 valence electrons. The highest BCUT2D eigenvalue weighted by atomic mass is 16.3. The third kappa shape index (κ3) is 10.3. The molecule has 0 aromatic rings. The Kier molecular flexibility index (Phi) is 12.7. The van der Waals surface area contributed by atoms with Gasteiger partial charge < -0.3 is 20.8 Å². The van der Waals surface area contributed by atoms with E-state index < -0.39 is 0 Å². The van der Waals surface area contributed by atoms with Crippen LogP contribution in [-0.2, 0) is 0 Å². The Morgan fingerprint density at radius 1 is 0.812 bits per heavy atom. The Morgan fingerprint density at radius 2 is 1.50 bits per heavy atom. The molecule has 0 heterocycles. The molecule has 0 aromatic carbocycles. The second-order valence-electron chi connectivity index (χ2n) is 3.79. The second-order valence-corrected chi connectivity index (χ2v) is 3.79. The molecule has 0 spiro atoms. The summed E-state index contributed by atoms with van der Waals surface area (Å²) < 4.78 is 0. The Hall–Kier alpha value is -0.200. The van der Waals surface area contributed by atoms with Gasteiger partial charge >= 0.3 is 0 Å². The smallest absolute Gasteiger partial charge is 0.0558 e. The highest BCUT2D eigenvalue weighted by molar-refractivity contribution is 4.59. The van der Waals surface area contributed by atoms with Crippen molar-refractivity contribution in [1.82, 2.24) is 15.5 Å². The van der Waals surface area contributed by atoms with Gasteiger partial charge in [0.2, 0.25) is 0 Å². The lowest BCUT2D eigenvalue weighted by molar-refractivity contribution is 0.196. The minimum Gasteiger partial charge on any atom is -0.395 e. The highest BCUT2D eigenvalue weighted by Crippen LogP contribution is 1.89. The highest BCUT2D eigenvalue weighted by Gasteiger charge is 2.01. The van der Waals surface area contributed by atoms with E-state index >= 15 is 0 Å². The minimum atomic E-state index is 0.195. The van der Waals surface area contributed by atoms with E-state index in [-0.39, 0.29) is 13.2 Å². The first kappa shape index (κ1) is 15.8. The van der Waals surface area contributed by atoms with E-state index in [4.69, 9.17) is 10.2 Å². The average Bonchev–Trinajstić information content (AvgIpc) is 2.28. The lowest BCUT2D eigenvalue weighted by Crippen LogP contribution is -2.37. The molecule has 0 amide bonds. The molecule has 4 N–H and O–H groups in total. The van der Waals surface area contributed by atoms with Crippen LogP contribution in [-0.4, -0.2) is 74.1 Å². The van der Waals surface area contributed by atoms with Crippen LogP contribution in [0.25, 0.3) is 0 Å². The summed E-state index contributed by atoms with van der Waals surface area (Å²) in [7, 11) is 0. The molecule has 0 aliphatic heterocycles. The molecular weight excluding hydrogens is 206 g/mol. The largest absolute Gasteiger partial charge is 0.395 e. The number of hydrogen-bond acceptors (Lipinski definition) is 5. The van der Waals surface area contributed by atoms with Crippen molar-refractivity contribution in [3.05, 3.63) is 0 Å². The van der Waals surface area contributed by atoms with Crippen molar-refractivity contribution in [2.45, 2.75) is 13.3 Å². The fraction of sp³-hybridized carbons (Fsp3) is 1.00. The molecule has 5 nitrogen and oxygen atoms in total. The van der Waals surface area contributed by atoms with E-state index in [0.29, 0.717) is 6.54 Å². The molecule has 0 aromatic heterocycles. The van der Waals surface area contributed by atoms with Crippen LogP contribution in [0.4, 0.5) is 0 Å². The number of aliphatic hydroxyl groups is 2. The molecule has 0 bridgehead atoms. The number of nitrogens with zero attached hydrogens (tertiary/aromatic N) is 1. The summed E-state index contributed by atoms with van der Waals surface area (Å²) in [5.74, 6) is 0. The Bertz CT molecular complexity index is 130. The molecule has 0 radical (unpaired) electrons. The zero-order chi connectivity index (χ0) is 12.1. The number of nitrogens with one attached hydrogen (secondary N) is 2. The fourth-order valence-electron chi connectivity index (χ4n) is 1.54. The van der Waals surface area contributed by atoms with Crippen molar-refractivity contribution in [1.29, 1.82) is 0 Å². The zero-order valence-corrected chi connectivity index (χ0v) is 10.4. The standard InChI is InChI=1S/C11H27N3O2/c1-2-7-14(9-11-16)8-5-12-3-4-13-6-10-15/h12-13,15-16H,2-11H2,1H3. The summed E-state index contributed by atoms with van der Waals surface area (Å²) in [6.45, 7) is 8.77. The lowest BCUT2D eigenvalue weighted by atomic mass is 10.4. The first-order valence-corrected chi connectivity index (χ1v) is 6.20. The summed E-state index contributed by atoms with van der Waals surface area (Å²) in [6, 6.07) is 0. The maximum atomic E-state index is 8.87. The second kappa shape index (κ2) is 12.9. The third-order valence-electron chi connectivity index (χ3n) is 2.33. The predicted octanol–water partition coefficient (Wildman–Crippen LogP) is -1.14. The van der Waals surface area contributed by atoms with E-state index in [0.717, 1.165) is 45.7 Å². The summed E-state index contributed by atoms with van der Waals surface area (Å²) in [5, 5.41) is 23.8. The predicted molar refractivity (Wildman–Crippen MR) is 66.6 cm³/mol. The first-order valence-electron chi connectivity index (χ1n) is 6.20. The van der Waals surface area contributed by atoms with Crippen LogP contribution in [0.2, 0.25) is 0 Å². The maximum Gasteiger partial charge on any atom is 0.0558 e. The minimum absolute atomic E-state index is 0.195. The number of rotatable bonds is 12. The van der Waals surface area contributed by atoms with Gasteiger partial charge in [-0.05, 0) is 13.0 Å². The molecule has 0 unspecified atom stereocenters. The molecule has 16 heavy (non-hydrogen) atoms. The van der Waals surface area contributed by atoms with Crippen LogP contribution in [0.5, 0.6) is 0 Å². The van der Waals surface area contributed by atoms with E-state index in [9.17, 15) is 0 Å². The monoisotopic (exact) mass is 233 g/mol. The van der Waals surface area contributed by atoms with E-state index in [1.807, 2.05) is 0 Å². The molecule has 0 aliphatic rings. The summed E-state index contributed by atoms with van der Waals surface area (Å²) >= 11 is 0. The molecule has 5 heteroatoms. The Labute approximate surface area is 98.8 Å². The first-order chi connectivity index (χ1) is 7.85. The number of aliphatic hydroxyl groups excluding tert-OH is 2. The van der Waals surface area contributed by atoms with Crippen molar-refractivity contribution in [2.24, 2.45) is 0 Å². The van der Waals surface area contributed by atoms with E-state index in [1.54, 1.807) is 0 Å². The lowest BCUT2D eigenvalue weighted by Gasteiger charge is -2.20. The summed E-state index contributed by atoms with van der Waals surface area (Å²) in [6.07, 6.45) is 1.12. The van der Waals surface area contributed by atoms with Crippen LogP contribution in [0, 0.1) is 0 Å². The normalized spacial score (nSPS) is 11.2. The topological polar surface area (TPSA) is 67.8 Å². The van der Waals surface area contributed by atoms with Gasteiger partial charge in [-0.3, -0.25) is 4.90 Å². The van der Waals surface area contributed by atoms with Gasteiger partial charge in [0, 0.05) is 39.3 Å². The molecule has 0 saturated carbocycles. The van der Waals surface area contributed by atoms with Gasteiger partial charge in [0.05, 0.1) is 13.2 Å². The van der Waals surface area contributed by atoms with Gasteiger partial charge in [-0.25, -0.2) is 0 Å². The molecule has 0 saturated heterocycles. The van der Waals surface area contributed by atoms with Crippen LogP contribution in [0.1, 0.15) is 13.3 Å². The average molecular weight is 233 g/mol. The molecular formula is C11H27N3O2. The van der Waals surface area contributed by atoms with Crippen molar-refractivity contribution in [3.8, 4) is 0 Å². The summed E-state index contributed by atoms with van der Waals surface area (Å²) in [5.41, 5.74) is 0. The van der Waals surface area contributed by atoms with Gasteiger partial charge in [0.1, 0.15) is 0 Å². The van der Waals surface area contributed by atoms with E-state index in [1.165, 1.54) is 0 Å². The quantitative estimate of drug-likeness (QED) is 0.321. The summed E-state index contributed by atoms with van der Waals surface area (Å²) in [4.78, 5) is 2.26.